The molecular weight excluding hydrogens is 293 g/mol. The van der Waals surface area contributed by atoms with Crippen LogP contribution < -0.4 is 0 Å². The fourth-order valence-electron chi connectivity index (χ4n) is 1.65. The highest BCUT2D eigenvalue weighted by Crippen LogP contribution is 2.23. The summed E-state index contributed by atoms with van der Waals surface area (Å²) in [5, 5.41) is 0. The Bertz CT molecular complexity index is 414. The Labute approximate surface area is 107 Å². The summed E-state index contributed by atoms with van der Waals surface area (Å²) < 4.78 is 0. The smallest absolute Gasteiger partial charge is 0.261 e. The van der Waals surface area contributed by atoms with Gasteiger partial charge in [-0.15, -0.1) is 11.6 Å². The van der Waals surface area contributed by atoms with Crippen LogP contribution in [0.15, 0.2) is 24.3 Å². The standard InChI is InChI=1S/C11H9BrClNO2/c12-7(5-13)6-14-10(15)8-3-1-2-4-9(8)11(14)16/h1-4,7H,5-6H2. The summed E-state index contributed by atoms with van der Waals surface area (Å²) in [5.74, 6) is -0.127. The second-order valence-corrected chi connectivity index (χ2v) is 5.12. The van der Waals surface area contributed by atoms with Crippen molar-refractivity contribution in [2.24, 2.45) is 0 Å². The zero-order valence-electron chi connectivity index (χ0n) is 8.32. The normalized spacial score (nSPS) is 16.5. The van der Waals surface area contributed by atoms with Gasteiger partial charge in [0.25, 0.3) is 11.8 Å². The topological polar surface area (TPSA) is 37.4 Å². The molecule has 0 N–H and O–H groups in total. The molecule has 0 radical (unpaired) electrons. The van der Waals surface area contributed by atoms with E-state index < -0.39 is 0 Å². The molecule has 1 aliphatic heterocycles. The summed E-state index contributed by atoms with van der Waals surface area (Å²) >= 11 is 8.95. The van der Waals surface area contributed by atoms with Gasteiger partial charge in [-0.2, -0.15) is 0 Å². The molecule has 3 nitrogen and oxygen atoms in total. The Morgan fingerprint density at radius 3 is 2.12 bits per heavy atom. The van der Waals surface area contributed by atoms with Gasteiger partial charge in [0.2, 0.25) is 0 Å². The number of benzene rings is 1. The number of hydrogen-bond donors (Lipinski definition) is 0. The van der Waals surface area contributed by atoms with Crippen molar-refractivity contribution in [3.8, 4) is 0 Å². The molecule has 16 heavy (non-hydrogen) atoms. The van der Waals surface area contributed by atoms with Crippen molar-refractivity contribution in [3.63, 3.8) is 0 Å². The number of carbonyl (C=O) groups excluding carboxylic acids is 2. The highest BCUT2D eigenvalue weighted by atomic mass is 79.9. The van der Waals surface area contributed by atoms with Crippen molar-refractivity contribution in [2.75, 3.05) is 12.4 Å². The van der Waals surface area contributed by atoms with Crippen molar-refractivity contribution < 1.29 is 9.59 Å². The number of hydrogen-bond acceptors (Lipinski definition) is 2. The van der Waals surface area contributed by atoms with Crippen molar-refractivity contribution in [3.05, 3.63) is 35.4 Å². The van der Waals surface area contributed by atoms with Gasteiger partial charge in [-0.3, -0.25) is 14.5 Å². The average Bonchev–Trinajstić information content (AvgIpc) is 2.55. The lowest BCUT2D eigenvalue weighted by atomic mass is 10.1. The van der Waals surface area contributed by atoms with Gasteiger partial charge in [0.05, 0.1) is 11.1 Å². The van der Waals surface area contributed by atoms with E-state index in [0.29, 0.717) is 23.6 Å². The van der Waals surface area contributed by atoms with E-state index in [4.69, 9.17) is 11.6 Å². The summed E-state index contributed by atoms with van der Waals surface area (Å²) in [5.41, 5.74) is 0.948. The summed E-state index contributed by atoms with van der Waals surface area (Å²) in [6.45, 7) is 0.301. The molecule has 84 valence electrons. The first-order valence-electron chi connectivity index (χ1n) is 4.80. The Morgan fingerprint density at radius 1 is 1.19 bits per heavy atom. The number of rotatable bonds is 3. The Morgan fingerprint density at radius 2 is 1.69 bits per heavy atom. The quantitative estimate of drug-likeness (QED) is 0.634. The lowest BCUT2D eigenvalue weighted by molar-refractivity contribution is 0.0657. The molecule has 0 aliphatic carbocycles. The minimum Gasteiger partial charge on any atom is -0.273 e. The fraction of sp³-hybridized carbons (Fsp3) is 0.273. The second-order valence-electron chi connectivity index (χ2n) is 3.52. The monoisotopic (exact) mass is 301 g/mol. The van der Waals surface area contributed by atoms with Gasteiger partial charge in [0.15, 0.2) is 0 Å². The van der Waals surface area contributed by atoms with Crippen molar-refractivity contribution in [1.29, 1.82) is 0 Å². The van der Waals surface area contributed by atoms with Crippen LogP contribution in [-0.2, 0) is 0 Å². The summed E-state index contributed by atoms with van der Waals surface area (Å²) in [4.78, 5) is 25.0. The molecule has 0 aromatic heterocycles. The van der Waals surface area contributed by atoms with E-state index in [1.807, 2.05) is 0 Å². The van der Waals surface area contributed by atoms with E-state index in [2.05, 4.69) is 15.9 Å². The van der Waals surface area contributed by atoms with Crippen LogP contribution in [0, 0.1) is 0 Å². The third kappa shape index (κ3) is 1.87. The van der Waals surface area contributed by atoms with Crippen molar-refractivity contribution in [1.82, 2.24) is 4.90 Å². The number of amides is 2. The first-order chi connectivity index (χ1) is 7.65. The lowest BCUT2D eigenvalue weighted by Crippen LogP contribution is -2.35. The first-order valence-corrected chi connectivity index (χ1v) is 6.25. The number of fused-ring (bicyclic) bond motifs is 1. The predicted molar refractivity (Wildman–Crippen MR) is 65.2 cm³/mol. The van der Waals surface area contributed by atoms with Crippen LogP contribution in [0.25, 0.3) is 0 Å². The molecule has 1 unspecified atom stereocenters. The maximum Gasteiger partial charge on any atom is 0.261 e. The summed E-state index contributed by atoms with van der Waals surface area (Å²) in [6.07, 6.45) is 0. The molecule has 0 saturated carbocycles. The Kier molecular flexibility index (Phi) is 3.30. The van der Waals surface area contributed by atoms with Crippen LogP contribution in [-0.4, -0.2) is 34.0 Å². The third-order valence-electron chi connectivity index (χ3n) is 2.43. The minimum atomic E-state index is -0.241. The zero-order chi connectivity index (χ0) is 11.7. The van der Waals surface area contributed by atoms with Crippen LogP contribution in [0.2, 0.25) is 0 Å². The largest absolute Gasteiger partial charge is 0.273 e. The summed E-state index contributed by atoms with van der Waals surface area (Å²) in [6, 6.07) is 6.83. The molecule has 0 fully saturated rings. The van der Waals surface area contributed by atoms with Crippen molar-refractivity contribution >= 4 is 39.3 Å². The maximum absolute atomic E-state index is 11.9. The van der Waals surface area contributed by atoms with Crippen LogP contribution in [0.1, 0.15) is 20.7 Å². The van der Waals surface area contributed by atoms with E-state index in [9.17, 15) is 9.59 Å². The fourth-order valence-corrected chi connectivity index (χ4v) is 2.04. The van der Waals surface area contributed by atoms with Gasteiger partial charge in [0, 0.05) is 17.3 Å². The molecule has 2 rings (SSSR count). The molecule has 0 saturated heterocycles. The third-order valence-corrected chi connectivity index (χ3v) is 3.78. The number of nitrogens with zero attached hydrogens (tertiary/aromatic N) is 1. The molecule has 1 atom stereocenters. The number of halogens is 2. The Hall–Kier alpha value is -0.870. The predicted octanol–water partition coefficient (Wildman–Crippen LogP) is 2.28. The molecular formula is C11H9BrClNO2. The average molecular weight is 303 g/mol. The Balaban J connectivity index is 2.28. The van der Waals surface area contributed by atoms with Gasteiger partial charge >= 0.3 is 0 Å². The molecule has 1 heterocycles. The zero-order valence-corrected chi connectivity index (χ0v) is 10.7. The highest BCUT2D eigenvalue weighted by molar-refractivity contribution is 9.09. The molecule has 1 aliphatic rings. The molecule has 5 heteroatoms. The van der Waals surface area contributed by atoms with Gasteiger partial charge in [-0.1, -0.05) is 28.1 Å². The van der Waals surface area contributed by atoms with Crippen LogP contribution in [0.3, 0.4) is 0 Å². The van der Waals surface area contributed by atoms with Crippen molar-refractivity contribution in [2.45, 2.75) is 4.83 Å². The number of alkyl halides is 2. The minimum absolute atomic E-state index is 0.0728. The van der Waals surface area contributed by atoms with E-state index >= 15 is 0 Å². The second kappa shape index (κ2) is 4.55. The SMILES string of the molecule is O=C1c2ccccc2C(=O)N1CC(Br)CCl. The number of imide groups is 1. The molecule has 0 spiro atoms. The molecule has 2 amide bonds. The van der Waals surface area contributed by atoms with Gasteiger partial charge in [-0.25, -0.2) is 0 Å². The van der Waals surface area contributed by atoms with E-state index in [1.54, 1.807) is 24.3 Å². The lowest BCUT2D eigenvalue weighted by Gasteiger charge is -2.16. The van der Waals surface area contributed by atoms with Crippen LogP contribution in [0.5, 0.6) is 0 Å². The first kappa shape index (κ1) is 11.6. The van der Waals surface area contributed by atoms with Crippen LogP contribution >= 0.6 is 27.5 Å². The van der Waals surface area contributed by atoms with Gasteiger partial charge in [0.1, 0.15) is 0 Å². The molecule has 1 aromatic carbocycles. The van der Waals surface area contributed by atoms with Gasteiger partial charge < -0.3 is 0 Å². The molecule has 1 aromatic rings. The molecule has 0 bridgehead atoms. The van der Waals surface area contributed by atoms with E-state index in [0.717, 1.165) is 0 Å². The highest BCUT2D eigenvalue weighted by Gasteiger charge is 2.35. The van der Waals surface area contributed by atoms with Crippen LogP contribution in [0.4, 0.5) is 0 Å². The van der Waals surface area contributed by atoms with Gasteiger partial charge in [-0.05, 0) is 12.1 Å². The van der Waals surface area contributed by atoms with E-state index in [1.165, 1.54) is 4.90 Å². The number of carbonyl (C=O) groups is 2. The summed E-state index contributed by atoms with van der Waals surface area (Å²) in [7, 11) is 0. The maximum atomic E-state index is 11.9. The van der Waals surface area contributed by atoms with E-state index in [-0.39, 0.29) is 16.6 Å².